The van der Waals surface area contributed by atoms with Gasteiger partial charge in [-0.05, 0) is 19.8 Å². The van der Waals surface area contributed by atoms with Gasteiger partial charge in [-0.25, -0.2) is 0 Å². The summed E-state index contributed by atoms with van der Waals surface area (Å²) in [6, 6.07) is 0. The van der Waals surface area contributed by atoms with Crippen LogP contribution in [0.4, 0.5) is 0 Å². The fraction of sp³-hybridized carbons (Fsp3) is 0.875. The zero-order valence-corrected chi connectivity index (χ0v) is 13.1. The zero-order chi connectivity index (χ0) is 15.6. The van der Waals surface area contributed by atoms with Crippen LogP contribution in [0.25, 0.3) is 0 Å². The minimum absolute atomic E-state index is 0.233. The second-order valence-electron chi connectivity index (χ2n) is 5.15. The number of hydrogen-bond acceptors (Lipinski definition) is 4. The first kappa shape index (κ1) is 21.2. The third kappa shape index (κ3) is 30.2. The second-order valence-corrected chi connectivity index (χ2v) is 5.15. The third-order valence-electron chi connectivity index (χ3n) is 2.98. The molecule has 0 aromatic carbocycles. The Morgan fingerprint density at radius 1 is 0.700 bits per heavy atom. The van der Waals surface area contributed by atoms with Gasteiger partial charge in [-0.2, -0.15) is 0 Å². The van der Waals surface area contributed by atoms with E-state index in [1.807, 2.05) is 0 Å². The number of unbranched alkanes of at least 4 members (excludes halogenated alkanes) is 10. The number of carboxylic acids is 2. The molecule has 0 saturated heterocycles. The standard InChI is InChI=1S/C14H28O2.C2H4O2/c1-2-3-4-5-6-7-8-9-10-11-12-13-14(15)16;1-2(3)4/h2-13H2,1H3,(H,15,16);1H3,(H,3,4)/p-2. The van der Waals surface area contributed by atoms with Crippen molar-refractivity contribution in [3.05, 3.63) is 0 Å². The molecule has 0 fully saturated rings. The highest BCUT2D eigenvalue weighted by Gasteiger charge is 1.93. The second kappa shape index (κ2) is 17.9. The zero-order valence-electron chi connectivity index (χ0n) is 13.1. The lowest BCUT2D eigenvalue weighted by molar-refractivity contribution is -0.306. The minimum Gasteiger partial charge on any atom is -0.550 e. The molecule has 0 aliphatic carbocycles. The van der Waals surface area contributed by atoms with Gasteiger partial charge in [-0.1, -0.05) is 71.1 Å². The summed E-state index contributed by atoms with van der Waals surface area (Å²) in [5, 5.41) is 19.0. The molecule has 0 amide bonds. The molecule has 0 aromatic rings. The largest absolute Gasteiger partial charge is 0.550 e. The maximum atomic E-state index is 10.1. The van der Waals surface area contributed by atoms with E-state index >= 15 is 0 Å². The Hall–Kier alpha value is -1.06. The summed E-state index contributed by atoms with van der Waals surface area (Å²) >= 11 is 0. The summed E-state index contributed by atoms with van der Waals surface area (Å²) in [6.45, 7) is 3.21. The number of carbonyl (C=O) groups is 2. The number of hydrogen-bond donors (Lipinski definition) is 0. The maximum absolute atomic E-state index is 10.1. The predicted octanol–water partition coefficient (Wildman–Crippen LogP) is 2.19. The monoisotopic (exact) mass is 286 g/mol. The molecular formula is C16H30O4-2. The molecule has 0 aliphatic heterocycles. The summed E-state index contributed by atoms with van der Waals surface area (Å²) in [6.07, 6.45) is 14.0. The van der Waals surface area contributed by atoms with Crippen LogP contribution in [0.5, 0.6) is 0 Å². The smallest absolute Gasteiger partial charge is 0.0414 e. The van der Waals surface area contributed by atoms with Gasteiger partial charge in [0.15, 0.2) is 0 Å². The van der Waals surface area contributed by atoms with Crippen LogP contribution in [0.2, 0.25) is 0 Å². The fourth-order valence-corrected chi connectivity index (χ4v) is 1.93. The summed E-state index contributed by atoms with van der Waals surface area (Å²) in [5.41, 5.74) is 0. The van der Waals surface area contributed by atoms with Crippen LogP contribution in [-0.4, -0.2) is 11.9 Å². The molecule has 0 aromatic heterocycles. The van der Waals surface area contributed by atoms with Gasteiger partial charge in [0.1, 0.15) is 0 Å². The van der Waals surface area contributed by atoms with Gasteiger partial charge in [-0.3, -0.25) is 0 Å². The van der Waals surface area contributed by atoms with Crippen LogP contribution in [0, 0.1) is 0 Å². The predicted molar refractivity (Wildman–Crippen MR) is 76.8 cm³/mol. The van der Waals surface area contributed by atoms with Crippen molar-refractivity contribution in [2.24, 2.45) is 0 Å². The van der Waals surface area contributed by atoms with Crippen LogP contribution in [0.15, 0.2) is 0 Å². The Bertz CT molecular complexity index is 223. The SMILES string of the molecule is CC(=O)[O-].CCCCCCCCCCCCCC(=O)[O-]. The quantitative estimate of drug-likeness (QED) is 0.515. The molecule has 4 nitrogen and oxygen atoms in total. The average Bonchev–Trinajstić information content (AvgIpc) is 2.35. The molecule has 20 heavy (non-hydrogen) atoms. The van der Waals surface area contributed by atoms with Crippen molar-refractivity contribution in [2.45, 2.75) is 90.9 Å². The van der Waals surface area contributed by atoms with Crippen LogP contribution in [0.3, 0.4) is 0 Å². The lowest BCUT2D eigenvalue weighted by atomic mass is 10.1. The van der Waals surface area contributed by atoms with E-state index in [0.717, 1.165) is 19.8 Å². The normalized spacial score (nSPS) is 9.70. The van der Waals surface area contributed by atoms with Crippen molar-refractivity contribution >= 4 is 11.9 Å². The molecule has 0 atom stereocenters. The first-order valence-electron chi connectivity index (χ1n) is 7.88. The van der Waals surface area contributed by atoms with Gasteiger partial charge in [-0.15, -0.1) is 0 Å². The van der Waals surface area contributed by atoms with Gasteiger partial charge < -0.3 is 19.8 Å². The van der Waals surface area contributed by atoms with Crippen molar-refractivity contribution in [1.29, 1.82) is 0 Å². The summed E-state index contributed by atoms with van der Waals surface area (Å²) < 4.78 is 0. The van der Waals surface area contributed by atoms with Crippen molar-refractivity contribution < 1.29 is 19.8 Å². The van der Waals surface area contributed by atoms with Crippen molar-refractivity contribution in [3.8, 4) is 0 Å². The van der Waals surface area contributed by atoms with E-state index in [2.05, 4.69) is 6.92 Å². The number of rotatable bonds is 12. The molecule has 0 spiro atoms. The molecule has 0 N–H and O–H groups in total. The van der Waals surface area contributed by atoms with Crippen LogP contribution in [0.1, 0.15) is 90.9 Å². The third-order valence-corrected chi connectivity index (χ3v) is 2.98. The van der Waals surface area contributed by atoms with E-state index in [9.17, 15) is 9.90 Å². The first-order valence-corrected chi connectivity index (χ1v) is 7.88. The topological polar surface area (TPSA) is 80.3 Å². The van der Waals surface area contributed by atoms with E-state index in [0.29, 0.717) is 0 Å². The summed E-state index contributed by atoms with van der Waals surface area (Å²) in [4.78, 5) is 19.0. The Balaban J connectivity index is 0. The fourth-order valence-electron chi connectivity index (χ4n) is 1.93. The van der Waals surface area contributed by atoms with Crippen molar-refractivity contribution in [3.63, 3.8) is 0 Å². The van der Waals surface area contributed by atoms with Crippen LogP contribution < -0.4 is 10.2 Å². The minimum atomic E-state index is -1.08. The molecule has 0 radical (unpaired) electrons. The summed E-state index contributed by atoms with van der Waals surface area (Å²) in [5.74, 6) is -1.99. The van der Waals surface area contributed by atoms with Gasteiger partial charge in [0.05, 0.1) is 0 Å². The van der Waals surface area contributed by atoms with E-state index in [1.54, 1.807) is 0 Å². The van der Waals surface area contributed by atoms with E-state index in [-0.39, 0.29) is 6.42 Å². The molecule has 0 bridgehead atoms. The Morgan fingerprint density at radius 3 is 1.30 bits per heavy atom. The molecule has 4 heteroatoms. The van der Waals surface area contributed by atoms with E-state index in [1.165, 1.54) is 57.8 Å². The lowest BCUT2D eigenvalue weighted by Crippen LogP contribution is -2.21. The Kier molecular flexibility index (Phi) is 19.1. The van der Waals surface area contributed by atoms with Crippen molar-refractivity contribution in [1.82, 2.24) is 0 Å². The number of carbonyl (C=O) groups excluding carboxylic acids is 2. The maximum Gasteiger partial charge on any atom is 0.0414 e. The van der Waals surface area contributed by atoms with E-state index in [4.69, 9.17) is 9.90 Å². The highest BCUT2D eigenvalue weighted by molar-refractivity contribution is 5.64. The average molecular weight is 286 g/mol. The lowest BCUT2D eigenvalue weighted by Gasteiger charge is -2.03. The highest BCUT2D eigenvalue weighted by Crippen LogP contribution is 2.11. The molecule has 0 saturated carbocycles. The van der Waals surface area contributed by atoms with Crippen molar-refractivity contribution in [2.75, 3.05) is 0 Å². The number of aliphatic carboxylic acids is 2. The molecule has 120 valence electrons. The van der Waals surface area contributed by atoms with Gasteiger partial charge in [0.2, 0.25) is 0 Å². The first-order chi connectivity index (χ1) is 9.50. The Labute approximate surface area is 123 Å². The van der Waals surface area contributed by atoms with Crippen LogP contribution >= 0.6 is 0 Å². The van der Waals surface area contributed by atoms with Gasteiger partial charge in [0, 0.05) is 11.9 Å². The van der Waals surface area contributed by atoms with Crippen LogP contribution in [-0.2, 0) is 9.59 Å². The Morgan fingerprint density at radius 2 is 1.00 bits per heavy atom. The molecule has 0 aliphatic rings. The van der Waals surface area contributed by atoms with E-state index < -0.39 is 11.9 Å². The molecule has 0 rings (SSSR count). The van der Waals surface area contributed by atoms with Gasteiger partial charge in [0.25, 0.3) is 0 Å². The number of carboxylic acid groups (broad SMARTS) is 2. The highest BCUT2D eigenvalue weighted by atomic mass is 16.4. The summed E-state index contributed by atoms with van der Waals surface area (Å²) in [7, 11) is 0. The molecular weight excluding hydrogens is 256 g/mol. The van der Waals surface area contributed by atoms with Gasteiger partial charge >= 0.3 is 0 Å². The molecule has 0 unspecified atom stereocenters. The molecule has 0 heterocycles.